The molecule has 1 aromatic heterocycles. The molecule has 0 radical (unpaired) electrons. The average molecular weight is 375 g/mol. The van der Waals surface area contributed by atoms with Gasteiger partial charge in [-0.05, 0) is 27.2 Å². The highest BCUT2D eigenvalue weighted by molar-refractivity contribution is 7.14. The van der Waals surface area contributed by atoms with E-state index in [1.165, 1.54) is 11.3 Å². The van der Waals surface area contributed by atoms with Crippen molar-refractivity contribution in [2.45, 2.75) is 52.2 Å². The molecule has 1 heterocycles. The number of ether oxygens (including phenoxy) is 1. The second-order valence-electron chi connectivity index (χ2n) is 6.88. The Hall–Kier alpha value is -2.41. The van der Waals surface area contributed by atoms with Crippen molar-refractivity contribution < 1.29 is 14.3 Å². The Morgan fingerprint density at radius 3 is 2.54 bits per heavy atom. The molecule has 0 saturated heterocycles. The van der Waals surface area contributed by atoms with Crippen molar-refractivity contribution >= 4 is 28.5 Å². The summed E-state index contributed by atoms with van der Waals surface area (Å²) in [5, 5.41) is 7.81. The zero-order valence-corrected chi connectivity index (χ0v) is 16.4. The minimum absolute atomic E-state index is 0.299. The van der Waals surface area contributed by atoms with Gasteiger partial charge in [0.05, 0.1) is 5.69 Å². The molecule has 0 spiro atoms. The number of hydrogen-bond acceptors (Lipinski definition) is 5. The third kappa shape index (κ3) is 6.15. The van der Waals surface area contributed by atoms with E-state index in [0.717, 1.165) is 17.7 Å². The lowest BCUT2D eigenvalue weighted by atomic mass is 10.1. The Balaban J connectivity index is 2.01. The van der Waals surface area contributed by atoms with E-state index in [1.807, 2.05) is 42.6 Å². The molecule has 2 amide bonds. The molecular formula is C19H25N3O3S. The maximum absolute atomic E-state index is 12.5. The standard InChI is InChI=1S/C19H25N3O3S/c1-5-9-14(21-18(24)25-19(2,3)4)16(23)22-17-20-15(12-26-17)13-10-7-6-8-11-13/h6-8,10-12,14H,5,9H2,1-4H3,(H,21,24)(H,20,22,23)/t14-/m0/s1. The molecule has 0 saturated carbocycles. The smallest absolute Gasteiger partial charge is 0.408 e. The predicted octanol–water partition coefficient (Wildman–Crippen LogP) is 4.44. The van der Waals surface area contributed by atoms with E-state index in [1.54, 1.807) is 20.8 Å². The molecule has 1 atom stereocenters. The predicted molar refractivity (Wildman–Crippen MR) is 104 cm³/mol. The van der Waals surface area contributed by atoms with Crippen LogP contribution >= 0.6 is 11.3 Å². The van der Waals surface area contributed by atoms with E-state index in [2.05, 4.69) is 15.6 Å². The zero-order valence-electron chi connectivity index (χ0n) is 15.5. The van der Waals surface area contributed by atoms with Crippen LogP contribution in [0.4, 0.5) is 9.93 Å². The van der Waals surface area contributed by atoms with Crippen LogP contribution in [0.25, 0.3) is 11.3 Å². The van der Waals surface area contributed by atoms with Crippen molar-refractivity contribution in [3.63, 3.8) is 0 Å². The summed E-state index contributed by atoms with van der Waals surface area (Å²) in [4.78, 5) is 28.9. The number of carbonyl (C=O) groups excluding carboxylic acids is 2. The van der Waals surface area contributed by atoms with Crippen LogP contribution < -0.4 is 10.6 Å². The Labute approximate surface area is 158 Å². The van der Waals surface area contributed by atoms with Gasteiger partial charge in [0.1, 0.15) is 11.6 Å². The number of amides is 2. The molecule has 140 valence electrons. The lowest BCUT2D eigenvalue weighted by Gasteiger charge is -2.22. The number of thiazole rings is 1. The van der Waals surface area contributed by atoms with Crippen LogP contribution in [-0.2, 0) is 9.53 Å². The number of anilines is 1. The summed E-state index contributed by atoms with van der Waals surface area (Å²) in [6, 6.07) is 9.08. The topological polar surface area (TPSA) is 80.3 Å². The van der Waals surface area contributed by atoms with Gasteiger partial charge < -0.3 is 15.4 Å². The van der Waals surface area contributed by atoms with Crippen LogP contribution in [0.3, 0.4) is 0 Å². The van der Waals surface area contributed by atoms with E-state index in [0.29, 0.717) is 11.6 Å². The van der Waals surface area contributed by atoms with Crippen LogP contribution in [-0.4, -0.2) is 28.6 Å². The van der Waals surface area contributed by atoms with Gasteiger partial charge in [0.2, 0.25) is 5.91 Å². The molecule has 6 nitrogen and oxygen atoms in total. The second kappa shape index (κ2) is 8.80. The number of nitrogens with one attached hydrogen (secondary N) is 2. The second-order valence-corrected chi connectivity index (χ2v) is 7.74. The van der Waals surface area contributed by atoms with Gasteiger partial charge in [-0.15, -0.1) is 11.3 Å². The van der Waals surface area contributed by atoms with Gasteiger partial charge in [0.25, 0.3) is 0 Å². The fourth-order valence-electron chi connectivity index (χ4n) is 2.27. The van der Waals surface area contributed by atoms with Gasteiger partial charge in [-0.1, -0.05) is 43.7 Å². The fourth-order valence-corrected chi connectivity index (χ4v) is 3.00. The molecule has 1 aromatic carbocycles. The quantitative estimate of drug-likeness (QED) is 0.782. The van der Waals surface area contributed by atoms with Gasteiger partial charge >= 0.3 is 6.09 Å². The number of rotatable bonds is 6. The Kier molecular flexibility index (Phi) is 6.74. The summed E-state index contributed by atoms with van der Waals surface area (Å²) < 4.78 is 5.23. The Morgan fingerprint density at radius 2 is 1.92 bits per heavy atom. The molecule has 0 fully saturated rings. The van der Waals surface area contributed by atoms with Gasteiger partial charge in [0.15, 0.2) is 5.13 Å². The molecule has 2 rings (SSSR count). The number of alkyl carbamates (subject to hydrolysis) is 1. The van der Waals surface area contributed by atoms with E-state index >= 15 is 0 Å². The van der Waals surface area contributed by atoms with Crippen molar-refractivity contribution in [2.24, 2.45) is 0 Å². The first kappa shape index (κ1) is 19.9. The molecule has 0 aliphatic rings. The maximum Gasteiger partial charge on any atom is 0.408 e. The first-order valence-electron chi connectivity index (χ1n) is 8.60. The lowest BCUT2D eigenvalue weighted by Crippen LogP contribution is -2.45. The zero-order chi connectivity index (χ0) is 19.2. The number of carbonyl (C=O) groups is 2. The van der Waals surface area contributed by atoms with Crippen LogP contribution in [0, 0.1) is 0 Å². The first-order valence-corrected chi connectivity index (χ1v) is 9.48. The highest BCUT2D eigenvalue weighted by Gasteiger charge is 2.24. The normalized spacial score (nSPS) is 12.3. The third-order valence-electron chi connectivity index (χ3n) is 3.39. The van der Waals surface area contributed by atoms with Crippen molar-refractivity contribution in [1.29, 1.82) is 0 Å². The summed E-state index contributed by atoms with van der Waals surface area (Å²) in [7, 11) is 0. The monoisotopic (exact) mass is 375 g/mol. The number of aromatic nitrogens is 1. The summed E-state index contributed by atoms with van der Waals surface area (Å²) in [5.74, 6) is -0.299. The first-order chi connectivity index (χ1) is 12.3. The highest BCUT2D eigenvalue weighted by Crippen LogP contribution is 2.24. The molecule has 7 heteroatoms. The van der Waals surface area contributed by atoms with E-state index in [9.17, 15) is 9.59 Å². The highest BCUT2D eigenvalue weighted by atomic mass is 32.1. The van der Waals surface area contributed by atoms with Crippen molar-refractivity contribution in [3.05, 3.63) is 35.7 Å². The van der Waals surface area contributed by atoms with E-state index in [4.69, 9.17) is 4.74 Å². The van der Waals surface area contributed by atoms with E-state index in [-0.39, 0.29) is 5.91 Å². The molecule has 0 aliphatic carbocycles. The van der Waals surface area contributed by atoms with Crippen LogP contribution in [0.2, 0.25) is 0 Å². The molecule has 2 N–H and O–H groups in total. The fraction of sp³-hybridized carbons (Fsp3) is 0.421. The largest absolute Gasteiger partial charge is 0.444 e. The molecular weight excluding hydrogens is 350 g/mol. The Morgan fingerprint density at radius 1 is 1.23 bits per heavy atom. The van der Waals surface area contributed by atoms with Crippen LogP contribution in [0.5, 0.6) is 0 Å². The van der Waals surface area contributed by atoms with E-state index < -0.39 is 17.7 Å². The third-order valence-corrected chi connectivity index (χ3v) is 4.15. The summed E-state index contributed by atoms with van der Waals surface area (Å²) in [6.07, 6.45) is 0.665. The molecule has 0 aliphatic heterocycles. The summed E-state index contributed by atoms with van der Waals surface area (Å²) in [6.45, 7) is 7.29. The number of hydrogen-bond donors (Lipinski definition) is 2. The van der Waals surface area contributed by atoms with Gasteiger partial charge in [-0.3, -0.25) is 4.79 Å². The number of benzene rings is 1. The molecule has 0 unspecified atom stereocenters. The van der Waals surface area contributed by atoms with Gasteiger partial charge in [-0.2, -0.15) is 0 Å². The SMILES string of the molecule is CCC[C@H](NC(=O)OC(C)(C)C)C(=O)Nc1nc(-c2ccccc2)cs1. The Bertz CT molecular complexity index is 738. The van der Waals surface area contributed by atoms with Crippen LogP contribution in [0.1, 0.15) is 40.5 Å². The van der Waals surface area contributed by atoms with Crippen molar-refractivity contribution in [2.75, 3.05) is 5.32 Å². The lowest BCUT2D eigenvalue weighted by molar-refractivity contribution is -0.118. The van der Waals surface area contributed by atoms with Crippen molar-refractivity contribution in [1.82, 2.24) is 10.3 Å². The summed E-state index contributed by atoms with van der Waals surface area (Å²) in [5.41, 5.74) is 1.18. The van der Waals surface area contributed by atoms with Crippen LogP contribution in [0.15, 0.2) is 35.7 Å². The maximum atomic E-state index is 12.5. The summed E-state index contributed by atoms with van der Waals surface area (Å²) >= 11 is 1.35. The minimum atomic E-state index is -0.668. The minimum Gasteiger partial charge on any atom is -0.444 e. The molecule has 26 heavy (non-hydrogen) atoms. The van der Waals surface area contributed by atoms with Crippen molar-refractivity contribution in [3.8, 4) is 11.3 Å². The molecule has 0 bridgehead atoms. The van der Waals surface area contributed by atoms with Gasteiger partial charge in [0, 0.05) is 10.9 Å². The number of nitrogens with zero attached hydrogens (tertiary/aromatic N) is 1. The average Bonchev–Trinajstić information content (AvgIpc) is 3.02. The van der Waals surface area contributed by atoms with Gasteiger partial charge in [-0.25, -0.2) is 9.78 Å². The molecule has 2 aromatic rings.